The quantitative estimate of drug-likeness (QED) is 0.795. The molecule has 130 valence electrons. The van der Waals surface area contributed by atoms with E-state index in [0.717, 1.165) is 37.7 Å². The van der Waals surface area contributed by atoms with Gasteiger partial charge < -0.3 is 14.5 Å². The second-order valence-corrected chi connectivity index (χ2v) is 6.72. The lowest BCUT2D eigenvalue weighted by molar-refractivity contribution is 0.209. The Morgan fingerprint density at radius 3 is 2.71 bits per heavy atom. The fourth-order valence-corrected chi connectivity index (χ4v) is 3.30. The van der Waals surface area contributed by atoms with E-state index in [0.29, 0.717) is 6.04 Å². The molecule has 0 bridgehead atoms. The van der Waals surface area contributed by atoms with Crippen molar-refractivity contribution in [3.63, 3.8) is 0 Å². The van der Waals surface area contributed by atoms with Gasteiger partial charge in [0, 0.05) is 13.1 Å². The van der Waals surface area contributed by atoms with Gasteiger partial charge in [-0.2, -0.15) is 0 Å². The number of hydrogen-bond acceptors (Lipinski definition) is 4. The van der Waals surface area contributed by atoms with Gasteiger partial charge in [0.05, 0.1) is 18.4 Å². The zero-order valence-corrected chi connectivity index (χ0v) is 14.7. The van der Waals surface area contributed by atoms with Gasteiger partial charge in [0.2, 0.25) is 0 Å². The first kappa shape index (κ1) is 17.1. The SMILES string of the molecule is CC(C)Oc1cccc(CNCC(c2ccco2)N2CCCC2)c1. The van der Waals surface area contributed by atoms with E-state index in [2.05, 4.69) is 48.3 Å². The van der Waals surface area contributed by atoms with Crippen molar-refractivity contribution >= 4 is 0 Å². The zero-order chi connectivity index (χ0) is 16.8. The highest BCUT2D eigenvalue weighted by molar-refractivity contribution is 5.28. The Kier molecular flexibility index (Phi) is 5.94. The van der Waals surface area contributed by atoms with Gasteiger partial charge in [0.1, 0.15) is 11.5 Å². The summed E-state index contributed by atoms with van der Waals surface area (Å²) in [5.74, 6) is 1.99. The van der Waals surface area contributed by atoms with Crippen LogP contribution in [0.25, 0.3) is 0 Å². The molecule has 3 rings (SSSR count). The minimum absolute atomic E-state index is 0.201. The topological polar surface area (TPSA) is 37.6 Å². The molecule has 4 heteroatoms. The lowest BCUT2D eigenvalue weighted by atomic mass is 10.1. The maximum atomic E-state index is 5.77. The summed E-state index contributed by atoms with van der Waals surface area (Å²) >= 11 is 0. The predicted octanol–water partition coefficient (Wildman–Crippen LogP) is 3.99. The van der Waals surface area contributed by atoms with Crippen LogP contribution in [-0.4, -0.2) is 30.6 Å². The third-order valence-corrected chi connectivity index (χ3v) is 4.39. The van der Waals surface area contributed by atoms with E-state index < -0.39 is 0 Å². The number of ether oxygens (including phenoxy) is 1. The lowest BCUT2D eigenvalue weighted by Gasteiger charge is -2.26. The molecule has 0 spiro atoms. The Morgan fingerprint density at radius 2 is 2.00 bits per heavy atom. The van der Waals surface area contributed by atoms with Gasteiger partial charge in [-0.15, -0.1) is 0 Å². The van der Waals surface area contributed by atoms with Crippen LogP contribution >= 0.6 is 0 Å². The summed E-state index contributed by atoms with van der Waals surface area (Å²) in [5, 5.41) is 3.59. The Hall–Kier alpha value is -1.78. The van der Waals surface area contributed by atoms with Crippen molar-refractivity contribution in [2.24, 2.45) is 0 Å². The summed E-state index contributed by atoms with van der Waals surface area (Å²) in [7, 11) is 0. The molecule has 1 aromatic heterocycles. The first-order chi connectivity index (χ1) is 11.7. The van der Waals surface area contributed by atoms with E-state index >= 15 is 0 Å². The number of nitrogens with zero attached hydrogens (tertiary/aromatic N) is 1. The summed E-state index contributed by atoms with van der Waals surface area (Å²) < 4.78 is 11.4. The van der Waals surface area contributed by atoms with Gasteiger partial charge in [0.25, 0.3) is 0 Å². The third-order valence-electron chi connectivity index (χ3n) is 4.39. The third kappa shape index (κ3) is 4.62. The van der Waals surface area contributed by atoms with Crippen molar-refractivity contribution in [3.8, 4) is 5.75 Å². The highest BCUT2D eigenvalue weighted by Gasteiger charge is 2.25. The largest absolute Gasteiger partial charge is 0.491 e. The number of rotatable bonds is 8. The van der Waals surface area contributed by atoms with Crippen molar-refractivity contribution in [1.29, 1.82) is 0 Å². The van der Waals surface area contributed by atoms with E-state index in [9.17, 15) is 0 Å². The minimum atomic E-state index is 0.201. The standard InChI is InChI=1S/C20H28N2O2/c1-16(2)24-18-8-5-7-17(13-18)14-21-15-19(20-9-6-12-23-20)22-10-3-4-11-22/h5-9,12-13,16,19,21H,3-4,10-11,14-15H2,1-2H3. The summed E-state index contributed by atoms with van der Waals surface area (Å²) in [6.45, 7) is 8.14. The van der Waals surface area contributed by atoms with Gasteiger partial charge in [-0.05, 0) is 69.6 Å². The van der Waals surface area contributed by atoms with Crippen LogP contribution in [-0.2, 0) is 6.54 Å². The minimum Gasteiger partial charge on any atom is -0.491 e. The molecule has 0 aliphatic carbocycles. The molecule has 0 saturated carbocycles. The Bertz CT molecular complexity index is 604. The molecular formula is C20H28N2O2. The molecule has 1 atom stereocenters. The number of benzene rings is 1. The second kappa shape index (κ2) is 8.36. The highest BCUT2D eigenvalue weighted by atomic mass is 16.5. The molecule has 0 amide bonds. The van der Waals surface area contributed by atoms with Crippen LogP contribution in [0.1, 0.15) is 44.1 Å². The zero-order valence-electron chi connectivity index (χ0n) is 14.7. The van der Waals surface area contributed by atoms with E-state index in [1.165, 1.54) is 18.4 Å². The lowest BCUT2D eigenvalue weighted by Crippen LogP contribution is -2.33. The summed E-state index contributed by atoms with van der Waals surface area (Å²) in [6.07, 6.45) is 4.54. The highest BCUT2D eigenvalue weighted by Crippen LogP contribution is 2.25. The van der Waals surface area contributed by atoms with E-state index in [1.54, 1.807) is 6.26 Å². The molecule has 4 nitrogen and oxygen atoms in total. The number of nitrogens with one attached hydrogen (secondary N) is 1. The molecule has 1 aliphatic rings. The van der Waals surface area contributed by atoms with Crippen molar-refractivity contribution in [2.75, 3.05) is 19.6 Å². The van der Waals surface area contributed by atoms with Crippen LogP contribution in [0, 0.1) is 0 Å². The van der Waals surface area contributed by atoms with Gasteiger partial charge in [-0.25, -0.2) is 0 Å². The van der Waals surface area contributed by atoms with Crippen LogP contribution in [0.2, 0.25) is 0 Å². The second-order valence-electron chi connectivity index (χ2n) is 6.72. The molecule has 1 unspecified atom stereocenters. The molecule has 2 aromatic rings. The number of hydrogen-bond donors (Lipinski definition) is 1. The van der Waals surface area contributed by atoms with Gasteiger partial charge in [-0.3, -0.25) is 4.90 Å². The molecule has 24 heavy (non-hydrogen) atoms. The average Bonchev–Trinajstić information content (AvgIpc) is 3.25. The van der Waals surface area contributed by atoms with Crippen LogP contribution in [0.4, 0.5) is 0 Å². The normalized spacial score (nSPS) is 16.6. The van der Waals surface area contributed by atoms with Crippen molar-refractivity contribution in [1.82, 2.24) is 10.2 Å². The average molecular weight is 328 g/mol. The van der Waals surface area contributed by atoms with E-state index in [-0.39, 0.29) is 6.10 Å². The fraction of sp³-hybridized carbons (Fsp3) is 0.500. The first-order valence-corrected chi connectivity index (χ1v) is 8.96. The summed E-state index contributed by atoms with van der Waals surface area (Å²) in [5.41, 5.74) is 1.24. The Balaban J connectivity index is 1.57. The molecule has 1 N–H and O–H groups in total. The van der Waals surface area contributed by atoms with Gasteiger partial charge >= 0.3 is 0 Å². The number of furan rings is 1. The van der Waals surface area contributed by atoms with Crippen molar-refractivity contribution < 1.29 is 9.15 Å². The van der Waals surface area contributed by atoms with E-state index in [4.69, 9.17) is 9.15 Å². The smallest absolute Gasteiger partial charge is 0.122 e. The summed E-state index contributed by atoms with van der Waals surface area (Å²) in [6, 6.07) is 12.7. The van der Waals surface area contributed by atoms with Crippen molar-refractivity contribution in [3.05, 3.63) is 54.0 Å². The molecule has 0 radical (unpaired) electrons. The number of likely N-dealkylation sites (tertiary alicyclic amines) is 1. The first-order valence-electron chi connectivity index (χ1n) is 8.96. The van der Waals surface area contributed by atoms with Gasteiger partial charge in [-0.1, -0.05) is 12.1 Å². The molecular weight excluding hydrogens is 300 g/mol. The molecule has 1 aromatic carbocycles. The van der Waals surface area contributed by atoms with Gasteiger partial charge in [0.15, 0.2) is 0 Å². The summed E-state index contributed by atoms with van der Waals surface area (Å²) in [4.78, 5) is 2.52. The van der Waals surface area contributed by atoms with Crippen LogP contribution in [0.5, 0.6) is 5.75 Å². The predicted molar refractivity (Wildman–Crippen MR) is 96.2 cm³/mol. The van der Waals surface area contributed by atoms with E-state index in [1.807, 2.05) is 12.1 Å². The van der Waals surface area contributed by atoms with Crippen molar-refractivity contribution in [2.45, 2.75) is 45.4 Å². The Labute approximate surface area is 144 Å². The fourth-order valence-electron chi connectivity index (χ4n) is 3.30. The van der Waals surface area contributed by atoms with Crippen LogP contribution < -0.4 is 10.1 Å². The Morgan fingerprint density at radius 1 is 1.17 bits per heavy atom. The molecule has 2 heterocycles. The molecule has 1 fully saturated rings. The molecule has 1 aliphatic heterocycles. The van der Waals surface area contributed by atoms with Crippen LogP contribution in [0.3, 0.4) is 0 Å². The maximum Gasteiger partial charge on any atom is 0.122 e. The maximum absolute atomic E-state index is 5.77. The molecule has 1 saturated heterocycles. The monoisotopic (exact) mass is 328 g/mol. The van der Waals surface area contributed by atoms with Crippen LogP contribution in [0.15, 0.2) is 47.1 Å².